The zero-order valence-corrected chi connectivity index (χ0v) is 14.5. The number of hydrogen-bond acceptors (Lipinski definition) is 2. The van der Waals surface area contributed by atoms with Gasteiger partial charge in [-0.25, -0.2) is 0 Å². The van der Waals surface area contributed by atoms with Gasteiger partial charge in [-0.05, 0) is 43.0 Å². The Kier molecular flexibility index (Phi) is 3.89. The fourth-order valence-electron chi connectivity index (χ4n) is 3.16. The topological polar surface area (TPSA) is 38.0 Å². The summed E-state index contributed by atoms with van der Waals surface area (Å²) in [5.41, 5.74) is 3.67. The van der Waals surface area contributed by atoms with Crippen LogP contribution in [0.4, 0.5) is 0 Å². The Morgan fingerprint density at radius 1 is 1.43 bits per heavy atom. The minimum Gasteiger partial charge on any atom is -0.389 e. The predicted molar refractivity (Wildman–Crippen MR) is 87.8 cm³/mol. The van der Waals surface area contributed by atoms with Gasteiger partial charge in [-0.2, -0.15) is 5.10 Å². The molecule has 0 saturated heterocycles. The number of aryl methyl sites for hydroxylation is 3. The Hall–Kier alpha value is -0.840. The summed E-state index contributed by atoms with van der Waals surface area (Å²) in [6.45, 7) is 1.94. The van der Waals surface area contributed by atoms with Crippen LogP contribution in [0.5, 0.6) is 0 Å². The lowest BCUT2D eigenvalue weighted by atomic mass is 9.77. The van der Waals surface area contributed by atoms with Gasteiger partial charge in [0.25, 0.3) is 0 Å². The SMILES string of the molecule is Cc1nn(C)c(Cl)c1CC1(O)CCc2cc(Br)ccc2C1. The van der Waals surface area contributed by atoms with Crippen molar-refractivity contribution in [3.63, 3.8) is 0 Å². The van der Waals surface area contributed by atoms with Crippen molar-refractivity contribution < 1.29 is 5.11 Å². The Bertz CT molecular complexity index is 698. The van der Waals surface area contributed by atoms with Gasteiger partial charge < -0.3 is 5.11 Å². The molecule has 112 valence electrons. The van der Waals surface area contributed by atoms with Gasteiger partial charge in [0.2, 0.25) is 0 Å². The van der Waals surface area contributed by atoms with Crippen LogP contribution >= 0.6 is 27.5 Å². The molecule has 3 nitrogen and oxygen atoms in total. The van der Waals surface area contributed by atoms with E-state index in [0.29, 0.717) is 18.0 Å². The number of aromatic nitrogens is 2. The first-order valence-electron chi connectivity index (χ1n) is 7.06. The van der Waals surface area contributed by atoms with Crippen molar-refractivity contribution in [3.05, 3.63) is 50.2 Å². The minimum absolute atomic E-state index is 0.557. The fourth-order valence-corrected chi connectivity index (χ4v) is 3.81. The summed E-state index contributed by atoms with van der Waals surface area (Å²) in [6, 6.07) is 6.28. The van der Waals surface area contributed by atoms with Crippen LogP contribution in [0, 0.1) is 6.92 Å². The molecular weight excluding hydrogens is 352 g/mol. The molecule has 1 aromatic heterocycles. The van der Waals surface area contributed by atoms with E-state index in [1.54, 1.807) is 4.68 Å². The standard InChI is InChI=1S/C16H18BrClN2O/c1-10-14(15(18)20(2)19-10)9-16(21)6-5-11-7-13(17)4-3-12(11)8-16/h3-4,7,21H,5-6,8-9H2,1-2H3. The van der Waals surface area contributed by atoms with E-state index < -0.39 is 5.60 Å². The molecule has 0 radical (unpaired) electrons. The molecule has 5 heteroatoms. The average Bonchev–Trinajstić information content (AvgIpc) is 2.66. The van der Waals surface area contributed by atoms with Crippen LogP contribution in [0.25, 0.3) is 0 Å². The van der Waals surface area contributed by atoms with Crippen LogP contribution in [0.2, 0.25) is 5.15 Å². The van der Waals surface area contributed by atoms with E-state index in [4.69, 9.17) is 11.6 Å². The molecule has 1 atom stereocenters. The van der Waals surface area contributed by atoms with Crippen LogP contribution in [0.15, 0.2) is 22.7 Å². The normalized spacial score (nSPS) is 21.4. The molecule has 3 rings (SSSR count). The second-order valence-corrected chi connectivity index (χ2v) is 7.24. The van der Waals surface area contributed by atoms with Gasteiger partial charge in [0.1, 0.15) is 5.15 Å². The zero-order chi connectivity index (χ0) is 15.2. The maximum absolute atomic E-state index is 11.0. The fraction of sp³-hybridized carbons (Fsp3) is 0.438. The highest BCUT2D eigenvalue weighted by Gasteiger charge is 2.34. The third kappa shape index (κ3) is 2.89. The second-order valence-electron chi connectivity index (χ2n) is 5.97. The van der Waals surface area contributed by atoms with Crippen molar-refractivity contribution in [2.24, 2.45) is 7.05 Å². The summed E-state index contributed by atoms with van der Waals surface area (Å²) in [7, 11) is 1.83. The average molecular weight is 370 g/mol. The number of hydrogen-bond donors (Lipinski definition) is 1. The smallest absolute Gasteiger partial charge is 0.130 e. The molecule has 1 aromatic carbocycles. The Labute approximate surface area is 138 Å². The van der Waals surface area contributed by atoms with E-state index in [9.17, 15) is 5.11 Å². The number of benzene rings is 1. The number of halogens is 2. The molecule has 21 heavy (non-hydrogen) atoms. The summed E-state index contributed by atoms with van der Waals surface area (Å²) in [4.78, 5) is 0. The molecule has 0 fully saturated rings. The van der Waals surface area contributed by atoms with Crippen molar-refractivity contribution in [1.82, 2.24) is 9.78 Å². The molecule has 0 amide bonds. The molecule has 1 aliphatic carbocycles. The van der Waals surface area contributed by atoms with Crippen LogP contribution in [0.3, 0.4) is 0 Å². The van der Waals surface area contributed by atoms with E-state index in [-0.39, 0.29) is 0 Å². The molecule has 0 aliphatic heterocycles. The molecule has 2 aromatic rings. The quantitative estimate of drug-likeness (QED) is 0.878. The molecule has 0 bridgehead atoms. The monoisotopic (exact) mass is 368 g/mol. The third-order valence-corrected chi connectivity index (χ3v) is 5.29. The molecule has 0 saturated carbocycles. The largest absolute Gasteiger partial charge is 0.389 e. The van der Waals surface area contributed by atoms with Gasteiger partial charge >= 0.3 is 0 Å². The molecule has 1 heterocycles. The molecular formula is C16H18BrClN2O. The van der Waals surface area contributed by atoms with Crippen molar-refractivity contribution in [2.45, 2.75) is 38.2 Å². The minimum atomic E-state index is -0.738. The molecule has 1 N–H and O–H groups in total. The van der Waals surface area contributed by atoms with E-state index in [1.807, 2.05) is 20.0 Å². The molecule has 1 unspecified atom stereocenters. The van der Waals surface area contributed by atoms with Gasteiger partial charge in [0, 0.05) is 29.9 Å². The Morgan fingerprint density at radius 2 is 2.19 bits per heavy atom. The zero-order valence-electron chi connectivity index (χ0n) is 12.2. The van der Waals surface area contributed by atoms with Gasteiger partial charge in [0.15, 0.2) is 0 Å². The van der Waals surface area contributed by atoms with Crippen molar-refractivity contribution >= 4 is 27.5 Å². The lowest BCUT2D eigenvalue weighted by Gasteiger charge is -2.33. The summed E-state index contributed by atoms with van der Waals surface area (Å²) < 4.78 is 2.77. The van der Waals surface area contributed by atoms with Crippen molar-refractivity contribution in [3.8, 4) is 0 Å². The number of rotatable bonds is 2. The van der Waals surface area contributed by atoms with Gasteiger partial charge in [-0.15, -0.1) is 0 Å². The first-order chi connectivity index (χ1) is 9.88. The lowest BCUT2D eigenvalue weighted by Crippen LogP contribution is -2.38. The first kappa shape index (κ1) is 15.1. The van der Waals surface area contributed by atoms with E-state index >= 15 is 0 Å². The van der Waals surface area contributed by atoms with Gasteiger partial charge in [0.05, 0.1) is 11.3 Å². The summed E-state index contributed by atoms with van der Waals surface area (Å²) >= 11 is 9.80. The van der Waals surface area contributed by atoms with E-state index in [1.165, 1.54) is 11.1 Å². The second kappa shape index (κ2) is 5.41. The highest BCUT2D eigenvalue weighted by atomic mass is 79.9. The first-order valence-corrected chi connectivity index (χ1v) is 8.23. The lowest BCUT2D eigenvalue weighted by molar-refractivity contribution is 0.0266. The van der Waals surface area contributed by atoms with Crippen LogP contribution < -0.4 is 0 Å². The van der Waals surface area contributed by atoms with Crippen LogP contribution in [-0.2, 0) is 26.3 Å². The summed E-state index contributed by atoms with van der Waals surface area (Å²) in [5.74, 6) is 0. The summed E-state index contributed by atoms with van der Waals surface area (Å²) in [5, 5.41) is 15.9. The number of nitrogens with zero attached hydrogens (tertiary/aromatic N) is 2. The van der Waals surface area contributed by atoms with Gasteiger partial charge in [-0.3, -0.25) is 4.68 Å². The highest BCUT2D eigenvalue weighted by molar-refractivity contribution is 9.10. The Balaban J connectivity index is 1.88. The summed E-state index contributed by atoms with van der Waals surface area (Å²) in [6.07, 6.45) is 2.87. The predicted octanol–water partition coefficient (Wildman–Crippen LogP) is 3.61. The van der Waals surface area contributed by atoms with Crippen molar-refractivity contribution in [1.29, 1.82) is 0 Å². The maximum Gasteiger partial charge on any atom is 0.130 e. The highest BCUT2D eigenvalue weighted by Crippen LogP contribution is 2.34. The van der Waals surface area contributed by atoms with E-state index in [0.717, 1.165) is 28.6 Å². The van der Waals surface area contributed by atoms with Crippen LogP contribution in [0.1, 0.15) is 28.8 Å². The third-order valence-electron chi connectivity index (χ3n) is 4.32. The molecule has 0 spiro atoms. The molecule has 1 aliphatic rings. The maximum atomic E-state index is 11.0. The van der Waals surface area contributed by atoms with Crippen molar-refractivity contribution in [2.75, 3.05) is 0 Å². The number of fused-ring (bicyclic) bond motifs is 1. The number of aliphatic hydroxyl groups is 1. The Morgan fingerprint density at radius 3 is 2.86 bits per heavy atom. The van der Waals surface area contributed by atoms with Gasteiger partial charge in [-0.1, -0.05) is 33.6 Å². The van der Waals surface area contributed by atoms with Crippen LogP contribution in [-0.4, -0.2) is 20.5 Å². The van der Waals surface area contributed by atoms with E-state index in [2.05, 4.69) is 33.2 Å².